The summed E-state index contributed by atoms with van der Waals surface area (Å²) < 4.78 is 27.2. The van der Waals surface area contributed by atoms with E-state index < -0.39 is 10.0 Å². The predicted octanol–water partition coefficient (Wildman–Crippen LogP) is 2.17. The number of hydrogen-bond donors (Lipinski definition) is 2. The molecule has 0 saturated heterocycles. The Morgan fingerprint density at radius 2 is 1.89 bits per heavy atom. The van der Waals surface area contributed by atoms with Crippen LogP contribution >= 0.6 is 0 Å². The predicted molar refractivity (Wildman–Crippen MR) is 78.3 cm³/mol. The first kappa shape index (κ1) is 16.1. The fraction of sp³-hybridized carbons (Fsp3) is 0.571. The lowest BCUT2D eigenvalue weighted by Crippen LogP contribution is -2.29. The van der Waals surface area contributed by atoms with Crippen molar-refractivity contribution in [3.63, 3.8) is 0 Å². The van der Waals surface area contributed by atoms with Crippen molar-refractivity contribution < 1.29 is 8.42 Å². The van der Waals surface area contributed by atoms with E-state index >= 15 is 0 Å². The van der Waals surface area contributed by atoms with Crippen LogP contribution in [-0.4, -0.2) is 15.0 Å². The van der Waals surface area contributed by atoms with E-state index in [2.05, 4.69) is 18.6 Å². The molecule has 1 aromatic carbocycles. The molecule has 0 aliphatic heterocycles. The summed E-state index contributed by atoms with van der Waals surface area (Å²) in [5.41, 5.74) is 7.22. The lowest BCUT2D eigenvalue weighted by Gasteiger charge is -2.15. The highest BCUT2D eigenvalue weighted by Gasteiger charge is 2.17. The van der Waals surface area contributed by atoms with Crippen molar-refractivity contribution in [2.75, 3.05) is 6.54 Å². The van der Waals surface area contributed by atoms with E-state index in [1.54, 1.807) is 19.1 Å². The maximum absolute atomic E-state index is 12.2. The van der Waals surface area contributed by atoms with Gasteiger partial charge in [-0.2, -0.15) is 0 Å². The molecule has 19 heavy (non-hydrogen) atoms. The van der Waals surface area contributed by atoms with Crippen LogP contribution in [0.25, 0.3) is 0 Å². The standard InChI is InChI=1S/C14H24N2O2S/c1-4-12(5-2)10-16-19(17,18)14-7-6-13(9-15)8-11(14)3/h6-8,12,16H,4-5,9-10,15H2,1-3H3. The molecule has 0 bridgehead atoms. The Morgan fingerprint density at radius 1 is 1.26 bits per heavy atom. The summed E-state index contributed by atoms with van der Waals surface area (Å²) >= 11 is 0. The van der Waals surface area contributed by atoms with E-state index in [1.807, 2.05) is 6.07 Å². The highest BCUT2D eigenvalue weighted by atomic mass is 32.2. The molecule has 5 heteroatoms. The van der Waals surface area contributed by atoms with Crippen molar-refractivity contribution in [1.82, 2.24) is 4.72 Å². The Bertz CT molecular complexity index is 508. The van der Waals surface area contributed by atoms with Gasteiger partial charge in [-0.25, -0.2) is 13.1 Å². The van der Waals surface area contributed by atoms with E-state index in [1.165, 1.54) is 0 Å². The zero-order valence-electron chi connectivity index (χ0n) is 11.9. The van der Waals surface area contributed by atoms with Gasteiger partial charge < -0.3 is 5.73 Å². The van der Waals surface area contributed by atoms with Crippen LogP contribution < -0.4 is 10.5 Å². The second-order valence-corrected chi connectivity index (χ2v) is 6.57. The summed E-state index contributed by atoms with van der Waals surface area (Å²) in [6.45, 7) is 6.86. The van der Waals surface area contributed by atoms with Crippen LogP contribution in [0.3, 0.4) is 0 Å². The Morgan fingerprint density at radius 3 is 2.37 bits per heavy atom. The van der Waals surface area contributed by atoms with Crippen LogP contribution in [-0.2, 0) is 16.6 Å². The van der Waals surface area contributed by atoms with Crippen LogP contribution in [0.15, 0.2) is 23.1 Å². The number of hydrogen-bond acceptors (Lipinski definition) is 3. The molecular weight excluding hydrogens is 260 g/mol. The molecule has 0 aliphatic rings. The molecular formula is C14H24N2O2S. The minimum Gasteiger partial charge on any atom is -0.326 e. The van der Waals surface area contributed by atoms with Crippen molar-refractivity contribution in [2.24, 2.45) is 11.7 Å². The van der Waals surface area contributed by atoms with Crippen molar-refractivity contribution in [1.29, 1.82) is 0 Å². The second kappa shape index (κ2) is 7.03. The first-order valence-electron chi connectivity index (χ1n) is 6.73. The SMILES string of the molecule is CCC(CC)CNS(=O)(=O)c1ccc(CN)cc1C. The van der Waals surface area contributed by atoms with Crippen LogP contribution in [0.2, 0.25) is 0 Å². The van der Waals surface area contributed by atoms with Crippen molar-refractivity contribution in [3.8, 4) is 0 Å². The molecule has 1 aromatic rings. The van der Waals surface area contributed by atoms with Gasteiger partial charge in [-0.05, 0) is 30.0 Å². The van der Waals surface area contributed by atoms with Gasteiger partial charge in [0.25, 0.3) is 0 Å². The van der Waals surface area contributed by atoms with Gasteiger partial charge in [-0.15, -0.1) is 0 Å². The smallest absolute Gasteiger partial charge is 0.240 e. The average Bonchev–Trinajstić information content (AvgIpc) is 2.39. The minimum absolute atomic E-state index is 0.343. The monoisotopic (exact) mass is 284 g/mol. The molecule has 3 N–H and O–H groups in total. The number of nitrogens with two attached hydrogens (primary N) is 1. The Hall–Kier alpha value is -0.910. The molecule has 0 spiro atoms. The fourth-order valence-electron chi connectivity index (χ4n) is 2.02. The summed E-state index contributed by atoms with van der Waals surface area (Å²) in [5, 5.41) is 0. The van der Waals surface area contributed by atoms with Crippen LogP contribution in [0.4, 0.5) is 0 Å². The van der Waals surface area contributed by atoms with Gasteiger partial charge in [0.15, 0.2) is 0 Å². The molecule has 0 saturated carbocycles. The molecule has 0 unspecified atom stereocenters. The molecule has 0 atom stereocenters. The number of rotatable bonds is 7. The van der Waals surface area contributed by atoms with Gasteiger partial charge >= 0.3 is 0 Å². The first-order valence-corrected chi connectivity index (χ1v) is 8.22. The third-order valence-corrected chi connectivity index (χ3v) is 5.07. The minimum atomic E-state index is -3.42. The lowest BCUT2D eigenvalue weighted by atomic mass is 10.0. The quantitative estimate of drug-likeness (QED) is 0.806. The number of benzene rings is 1. The van der Waals surface area contributed by atoms with Crippen molar-refractivity contribution in [3.05, 3.63) is 29.3 Å². The van der Waals surface area contributed by atoms with E-state index in [0.717, 1.165) is 24.0 Å². The zero-order valence-corrected chi connectivity index (χ0v) is 12.8. The normalized spacial score (nSPS) is 12.1. The summed E-state index contributed by atoms with van der Waals surface area (Å²) in [7, 11) is -3.42. The molecule has 4 nitrogen and oxygen atoms in total. The zero-order chi connectivity index (χ0) is 14.5. The third kappa shape index (κ3) is 4.30. The highest BCUT2D eigenvalue weighted by Crippen LogP contribution is 2.17. The van der Waals surface area contributed by atoms with E-state index in [9.17, 15) is 8.42 Å². The summed E-state index contributed by atoms with van der Waals surface area (Å²) in [6.07, 6.45) is 1.95. The average molecular weight is 284 g/mol. The largest absolute Gasteiger partial charge is 0.326 e. The molecule has 0 heterocycles. The van der Waals surface area contributed by atoms with Crippen LogP contribution in [0, 0.1) is 12.8 Å². The van der Waals surface area contributed by atoms with Gasteiger partial charge in [0.2, 0.25) is 10.0 Å². The van der Waals surface area contributed by atoms with Gasteiger partial charge in [0, 0.05) is 13.1 Å². The summed E-state index contributed by atoms with van der Waals surface area (Å²) in [4.78, 5) is 0.343. The molecule has 0 amide bonds. The summed E-state index contributed by atoms with van der Waals surface area (Å²) in [5.74, 6) is 0.387. The maximum atomic E-state index is 12.2. The van der Waals surface area contributed by atoms with Crippen molar-refractivity contribution in [2.45, 2.75) is 45.1 Å². The third-order valence-electron chi connectivity index (χ3n) is 3.48. The molecule has 0 radical (unpaired) electrons. The Balaban J connectivity index is 2.88. The van der Waals surface area contributed by atoms with Gasteiger partial charge in [-0.3, -0.25) is 0 Å². The topological polar surface area (TPSA) is 72.2 Å². The highest BCUT2D eigenvalue weighted by molar-refractivity contribution is 7.89. The first-order chi connectivity index (χ1) is 8.94. The van der Waals surface area contributed by atoms with Gasteiger partial charge in [-0.1, -0.05) is 38.8 Å². The van der Waals surface area contributed by atoms with E-state index in [0.29, 0.717) is 23.9 Å². The van der Waals surface area contributed by atoms with Gasteiger partial charge in [0.05, 0.1) is 4.90 Å². The van der Waals surface area contributed by atoms with Crippen molar-refractivity contribution >= 4 is 10.0 Å². The van der Waals surface area contributed by atoms with E-state index in [4.69, 9.17) is 5.73 Å². The van der Waals surface area contributed by atoms with E-state index in [-0.39, 0.29) is 0 Å². The second-order valence-electron chi connectivity index (χ2n) is 4.84. The Kier molecular flexibility index (Phi) is 5.97. The Labute approximate surface area is 116 Å². The lowest BCUT2D eigenvalue weighted by molar-refractivity contribution is 0.479. The number of nitrogens with one attached hydrogen (secondary N) is 1. The van der Waals surface area contributed by atoms with Crippen LogP contribution in [0.1, 0.15) is 37.8 Å². The molecule has 0 aromatic heterocycles. The maximum Gasteiger partial charge on any atom is 0.240 e. The molecule has 1 rings (SSSR count). The summed E-state index contributed by atoms with van der Waals surface area (Å²) in [6, 6.07) is 5.22. The molecule has 108 valence electrons. The number of sulfonamides is 1. The number of aryl methyl sites for hydroxylation is 1. The fourth-order valence-corrected chi connectivity index (χ4v) is 3.36. The molecule has 0 fully saturated rings. The van der Waals surface area contributed by atoms with Gasteiger partial charge in [0.1, 0.15) is 0 Å². The molecule has 0 aliphatic carbocycles. The van der Waals surface area contributed by atoms with Crippen LogP contribution in [0.5, 0.6) is 0 Å².